The van der Waals surface area contributed by atoms with Crippen molar-refractivity contribution in [3.8, 4) is 17.2 Å². The third kappa shape index (κ3) is 12.0. The normalized spacial score (nSPS) is 13.0. The second-order valence-corrected chi connectivity index (χ2v) is 12.0. The van der Waals surface area contributed by atoms with Crippen LogP contribution in [0.25, 0.3) is 12.2 Å². The largest absolute Gasteiger partial charge is 0.495 e. The van der Waals surface area contributed by atoms with Crippen LogP contribution < -0.4 is 24.8 Å². The fourth-order valence-corrected chi connectivity index (χ4v) is 5.53. The van der Waals surface area contributed by atoms with Gasteiger partial charge in [0.25, 0.3) is 5.91 Å². The molecule has 0 atom stereocenters. The van der Waals surface area contributed by atoms with Crippen LogP contribution in [0.4, 0.5) is 5.69 Å². The Bertz CT molecular complexity index is 1510. The van der Waals surface area contributed by atoms with E-state index in [0.29, 0.717) is 48.9 Å². The number of ether oxygens (including phenoxy) is 3. The molecular formula is C38H52Cl2N4O5. The molecule has 1 aliphatic rings. The monoisotopic (exact) mass is 714 g/mol. The summed E-state index contributed by atoms with van der Waals surface area (Å²) in [6, 6.07) is 19.2. The number of halogens is 2. The standard InChI is InChI=1S/C38H50N4O5.2ClH/c1-29-17-20-33(35(28-29)47-26-9-5-6-16-36(43)42-24-22-40(2)23-25-42)41(3)38(44)32-14-10-13-31(37(32)45-4)19-18-30-12-7-8-15-34(30)46-27-11-21-39;;/h7-8,10,12-15,17-20,28H,5-6,9,11,16,21-27,39H2,1-4H3;2*1H. The minimum absolute atomic E-state index is 0. The van der Waals surface area contributed by atoms with Gasteiger partial charge in [0.1, 0.15) is 17.2 Å². The Labute approximate surface area is 304 Å². The molecule has 268 valence electrons. The number of likely N-dealkylation sites (N-methyl/N-ethyl adjacent to an activating group) is 1. The summed E-state index contributed by atoms with van der Waals surface area (Å²) in [5, 5.41) is 0. The highest BCUT2D eigenvalue weighted by Crippen LogP contribution is 2.33. The highest BCUT2D eigenvalue weighted by molar-refractivity contribution is 6.09. The lowest BCUT2D eigenvalue weighted by atomic mass is 10.0. The van der Waals surface area contributed by atoms with Crippen LogP contribution in [0.15, 0.2) is 60.7 Å². The van der Waals surface area contributed by atoms with Gasteiger partial charge in [0, 0.05) is 50.8 Å². The smallest absolute Gasteiger partial charge is 0.261 e. The van der Waals surface area contributed by atoms with Crippen LogP contribution in [0, 0.1) is 6.92 Å². The first-order valence-corrected chi connectivity index (χ1v) is 16.6. The van der Waals surface area contributed by atoms with Crippen molar-refractivity contribution in [2.75, 3.05) is 72.0 Å². The predicted octanol–water partition coefficient (Wildman–Crippen LogP) is 6.74. The number of nitrogens with zero attached hydrogens (tertiary/aromatic N) is 3. The van der Waals surface area contributed by atoms with Gasteiger partial charge in [-0.2, -0.15) is 0 Å². The maximum absolute atomic E-state index is 13.9. The summed E-state index contributed by atoms with van der Waals surface area (Å²) < 4.78 is 17.9. The number of carbonyl (C=O) groups excluding carboxylic acids is 2. The molecule has 1 heterocycles. The number of unbranched alkanes of at least 4 members (excludes halogenated alkanes) is 2. The summed E-state index contributed by atoms with van der Waals surface area (Å²) in [5.41, 5.74) is 9.48. The first-order chi connectivity index (χ1) is 22.8. The van der Waals surface area contributed by atoms with Gasteiger partial charge in [-0.3, -0.25) is 9.59 Å². The Balaban J connectivity index is 0.00000417. The lowest BCUT2D eigenvalue weighted by molar-refractivity contribution is -0.132. The summed E-state index contributed by atoms with van der Waals surface area (Å²) in [6.07, 6.45) is 7.80. The Morgan fingerprint density at radius 3 is 2.24 bits per heavy atom. The van der Waals surface area contributed by atoms with E-state index in [-0.39, 0.29) is 36.6 Å². The number of aryl methyl sites for hydroxylation is 1. The van der Waals surface area contributed by atoms with Crippen molar-refractivity contribution in [2.45, 2.75) is 39.0 Å². The molecular weight excluding hydrogens is 663 g/mol. The van der Waals surface area contributed by atoms with Gasteiger partial charge in [-0.05, 0) is 76.0 Å². The average molecular weight is 716 g/mol. The van der Waals surface area contributed by atoms with E-state index in [4.69, 9.17) is 19.9 Å². The third-order valence-electron chi connectivity index (χ3n) is 8.38. The highest BCUT2D eigenvalue weighted by atomic mass is 35.5. The molecule has 0 aliphatic carbocycles. The third-order valence-corrected chi connectivity index (χ3v) is 8.38. The molecule has 4 rings (SSSR count). The summed E-state index contributed by atoms with van der Waals surface area (Å²) in [7, 11) is 5.42. The van der Waals surface area contributed by atoms with Crippen LogP contribution in [0.3, 0.4) is 0 Å². The second-order valence-electron chi connectivity index (χ2n) is 12.0. The number of hydrogen-bond acceptors (Lipinski definition) is 7. The fraction of sp³-hybridized carbons (Fsp3) is 0.421. The van der Waals surface area contributed by atoms with Gasteiger partial charge in [-0.25, -0.2) is 0 Å². The number of hydrogen-bond donors (Lipinski definition) is 1. The van der Waals surface area contributed by atoms with Crippen LogP contribution in [0.5, 0.6) is 17.2 Å². The van der Waals surface area contributed by atoms with E-state index in [1.54, 1.807) is 25.1 Å². The van der Waals surface area contributed by atoms with E-state index in [2.05, 4.69) is 11.9 Å². The fourth-order valence-electron chi connectivity index (χ4n) is 5.53. The summed E-state index contributed by atoms with van der Waals surface area (Å²) >= 11 is 0. The molecule has 0 radical (unpaired) electrons. The van der Waals surface area contributed by atoms with Gasteiger partial charge in [-0.1, -0.05) is 48.6 Å². The van der Waals surface area contributed by atoms with Crippen molar-refractivity contribution >= 4 is 54.5 Å². The molecule has 0 spiro atoms. The number of para-hydroxylation sites is 2. The van der Waals surface area contributed by atoms with Crippen molar-refractivity contribution < 1.29 is 23.8 Å². The summed E-state index contributed by atoms with van der Waals surface area (Å²) in [4.78, 5) is 32.3. The number of anilines is 1. The Kier molecular flexibility index (Phi) is 18.0. The highest BCUT2D eigenvalue weighted by Gasteiger charge is 2.22. The number of rotatable bonds is 16. The average Bonchev–Trinajstić information content (AvgIpc) is 3.08. The molecule has 0 saturated carbocycles. The number of piperazine rings is 1. The molecule has 11 heteroatoms. The van der Waals surface area contributed by atoms with E-state index < -0.39 is 0 Å². The summed E-state index contributed by atoms with van der Waals surface area (Å²) in [5.74, 6) is 1.94. The van der Waals surface area contributed by atoms with Gasteiger partial charge in [0.05, 0.1) is 31.6 Å². The molecule has 2 amide bonds. The zero-order chi connectivity index (χ0) is 33.6. The van der Waals surface area contributed by atoms with Crippen LogP contribution in [0.1, 0.15) is 59.2 Å². The second kappa shape index (κ2) is 21.4. The molecule has 0 unspecified atom stereocenters. The molecule has 1 aliphatic heterocycles. The van der Waals surface area contributed by atoms with Crippen LogP contribution in [-0.4, -0.2) is 88.8 Å². The Morgan fingerprint density at radius 1 is 0.837 bits per heavy atom. The van der Waals surface area contributed by atoms with Crippen molar-refractivity contribution in [1.82, 2.24) is 9.80 Å². The lowest BCUT2D eigenvalue weighted by Crippen LogP contribution is -2.47. The first kappa shape index (κ1) is 41.4. The number of amides is 2. The molecule has 1 saturated heterocycles. The zero-order valence-electron chi connectivity index (χ0n) is 29.2. The maximum Gasteiger partial charge on any atom is 0.261 e. The van der Waals surface area contributed by atoms with Gasteiger partial charge < -0.3 is 34.6 Å². The van der Waals surface area contributed by atoms with E-state index in [1.807, 2.05) is 78.6 Å². The maximum atomic E-state index is 13.9. The van der Waals surface area contributed by atoms with Crippen molar-refractivity contribution in [3.63, 3.8) is 0 Å². The Morgan fingerprint density at radius 2 is 1.51 bits per heavy atom. The van der Waals surface area contributed by atoms with Gasteiger partial charge in [0.2, 0.25) is 5.91 Å². The predicted molar refractivity (Wildman–Crippen MR) is 204 cm³/mol. The van der Waals surface area contributed by atoms with Crippen molar-refractivity contribution in [3.05, 3.63) is 82.9 Å². The van der Waals surface area contributed by atoms with Gasteiger partial charge in [0.15, 0.2) is 0 Å². The molecule has 3 aromatic carbocycles. The van der Waals surface area contributed by atoms with Gasteiger partial charge >= 0.3 is 0 Å². The molecule has 2 N–H and O–H groups in total. The van der Waals surface area contributed by atoms with E-state index in [9.17, 15) is 9.59 Å². The Hall–Kier alpha value is -3.76. The molecule has 0 aromatic heterocycles. The molecule has 3 aromatic rings. The van der Waals surface area contributed by atoms with E-state index >= 15 is 0 Å². The zero-order valence-corrected chi connectivity index (χ0v) is 30.8. The first-order valence-electron chi connectivity index (χ1n) is 16.6. The van der Waals surface area contributed by atoms with Crippen molar-refractivity contribution in [1.29, 1.82) is 0 Å². The number of benzene rings is 3. The SMILES string of the molecule is COc1c(C=Cc2ccccc2OCCCN)cccc1C(=O)N(C)c1ccc(C)cc1OCCCCCC(=O)N1CCN(C)CC1.Cl.Cl. The lowest BCUT2D eigenvalue weighted by Gasteiger charge is -2.32. The molecule has 1 fully saturated rings. The number of carbonyl (C=O) groups is 2. The van der Waals surface area contributed by atoms with Crippen LogP contribution in [-0.2, 0) is 4.79 Å². The topological polar surface area (TPSA) is 97.6 Å². The van der Waals surface area contributed by atoms with Crippen LogP contribution >= 0.6 is 24.8 Å². The minimum Gasteiger partial charge on any atom is -0.495 e. The quantitative estimate of drug-likeness (QED) is 0.130. The minimum atomic E-state index is -0.210. The van der Waals surface area contributed by atoms with E-state index in [0.717, 1.165) is 74.3 Å². The molecule has 9 nitrogen and oxygen atoms in total. The van der Waals surface area contributed by atoms with Crippen LogP contribution in [0.2, 0.25) is 0 Å². The van der Waals surface area contributed by atoms with Gasteiger partial charge in [-0.15, -0.1) is 24.8 Å². The number of nitrogens with two attached hydrogens (primary N) is 1. The van der Waals surface area contributed by atoms with Crippen molar-refractivity contribution in [2.24, 2.45) is 5.73 Å². The number of methoxy groups -OCH3 is 1. The summed E-state index contributed by atoms with van der Waals surface area (Å²) in [6.45, 7) is 7.12. The molecule has 49 heavy (non-hydrogen) atoms. The van der Waals surface area contributed by atoms with E-state index in [1.165, 1.54) is 0 Å². The molecule has 0 bridgehead atoms.